The van der Waals surface area contributed by atoms with E-state index in [4.69, 9.17) is 9.42 Å². The molecule has 0 saturated heterocycles. The van der Waals surface area contributed by atoms with Crippen molar-refractivity contribution in [2.45, 2.75) is 111 Å². The SMILES string of the molecule is CC(C)CCC[C@@H](C)[C@H]1CC[C@H]2[C@@H]3CC=C4C[C@@H](OP(=O)(O)F)CC[C@]4(C)[C@H]3CC[C@]12C. The van der Waals surface area contributed by atoms with Crippen LogP contribution in [-0.4, -0.2) is 11.0 Å². The molecule has 0 aromatic heterocycles. The predicted molar refractivity (Wildman–Crippen MR) is 129 cm³/mol. The molecule has 9 atom stereocenters. The summed E-state index contributed by atoms with van der Waals surface area (Å²) in [6.45, 7) is 12.2. The van der Waals surface area contributed by atoms with Gasteiger partial charge in [-0.25, -0.2) is 4.57 Å². The molecule has 4 aliphatic rings. The van der Waals surface area contributed by atoms with Crippen LogP contribution in [0.4, 0.5) is 4.20 Å². The molecule has 0 aromatic rings. The average molecular weight is 469 g/mol. The molecule has 4 rings (SSSR count). The maximum absolute atomic E-state index is 13.2. The maximum atomic E-state index is 13.2. The monoisotopic (exact) mass is 468 g/mol. The van der Waals surface area contributed by atoms with Crippen LogP contribution in [0.2, 0.25) is 0 Å². The van der Waals surface area contributed by atoms with Crippen LogP contribution in [0.25, 0.3) is 0 Å². The second kappa shape index (κ2) is 9.12. The molecule has 5 heteroatoms. The van der Waals surface area contributed by atoms with Crippen molar-refractivity contribution in [1.82, 2.24) is 0 Å². The van der Waals surface area contributed by atoms with E-state index in [2.05, 4.69) is 40.7 Å². The van der Waals surface area contributed by atoms with E-state index < -0.39 is 14.0 Å². The Morgan fingerprint density at radius 2 is 1.88 bits per heavy atom. The lowest BCUT2D eigenvalue weighted by molar-refractivity contribution is -0.0566. The fourth-order valence-electron chi connectivity index (χ4n) is 8.93. The van der Waals surface area contributed by atoms with E-state index in [1.165, 1.54) is 50.5 Å². The van der Waals surface area contributed by atoms with Crippen molar-refractivity contribution in [2.24, 2.45) is 46.3 Å². The molecule has 3 nitrogen and oxygen atoms in total. The first-order valence-electron chi connectivity index (χ1n) is 13.3. The Morgan fingerprint density at radius 1 is 1.12 bits per heavy atom. The Kier molecular flexibility index (Phi) is 7.10. The molecule has 0 amide bonds. The van der Waals surface area contributed by atoms with Crippen LogP contribution in [0, 0.1) is 46.3 Å². The summed E-state index contributed by atoms with van der Waals surface area (Å²) in [6.07, 6.45) is 14.9. The van der Waals surface area contributed by atoms with E-state index in [9.17, 15) is 8.76 Å². The summed E-state index contributed by atoms with van der Waals surface area (Å²) in [5.74, 6) is 4.79. The van der Waals surface area contributed by atoms with Gasteiger partial charge in [0.2, 0.25) is 0 Å². The Morgan fingerprint density at radius 3 is 2.56 bits per heavy atom. The third kappa shape index (κ3) is 4.67. The molecule has 4 aliphatic carbocycles. The molecule has 184 valence electrons. The van der Waals surface area contributed by atoms with Crippen molar-refractivity contribution in [1.29, 1.82) is 0 Å². The number of hydrogen-bond donors (Lipinski definition) is 1. The van der Waals surface area contributed by atoms with Gasteiger partial charge in [-0.05, 0) is 97.7 Å². The summed E-state index contributed by atoms with van der Waals surface area (Å²) in [4.78, 5) is 9.05. The zero-order chi connectivity index (χ0) is 23.3. The van der Waals surface area contributed by atoms with E-state index in [1.54, 1.807) is 0 Å². The first kappa shape index (κ1) is 24.9. The lowest BCUT2D eigenvalue weighted by atomic mass is 9.47. The fourth-order valence-corrected chi connectivity index (χ4v) is 9.47. The van der Waals surface area contributed by atoms with Crippen LogP contribution >= 0.6 is 7.91 Å². The molecule has 3 fully saturated rings. The summed E-state index contributed by atoms with van der Waals surface area (Å²) in [6, 6.07) is 0. The number of halogens is 1. The molecule has 0 spiro atoms. The van der Waals surface area contributed by atoms with Crippen LogP contribution in [-0.2, 0) is 9.09 Å². The van der Waals surface area contributed by atoms with Gasteiger partial charge in [-0.2, -0.15) is 0 Å². The molecule has 1 N–H and O–H groups in total. The third-order valence-electron chi connectivity index (χ3n) is 10.5. The zero-order valence-corrected chi connectivity index (χ0v) is 21.9. The minimum absolute atomic E-state index is 0.154. The molecule has 0 radical (unpaired) electrons. The smallest absolute Gasteiger partial charge is 0.299 e. The van der Waals surface area contributed by atoms with Gasteiger partial charge >= 0.3 is 7.91 Å². The summed E-state index contributed by atoms with van der Waals surface area (Å²) >= 11 is 0. The van der Waals surface area contributed by atoms with Crippen molar-refractivity contribution >= 4 is 7.91 Å². The van der Waals surface area contributed by atoms with Gasteiger partial charge < -0.3 is 0 Å². The molecule has 0 aliphatic heterocycles. The van der Waals surface area contributed by atoms with E-state index in [-0.39, 0.29) is 5.41 Å². The molecular weight excluding hydrogens is 422 g/mol. The molecule has 0 aromatic carbocycles. The van der Waals surface area contributed by atoms with Crippen LogP contribution in [0.15, 0.2) is 11.6 Å². The second-order valence-corrected chi connectivity index (χ2v) is 13.8. The van der Waals surface area contributed by atoms with Gasteiger partial charge in [-0.15, -0.1) is 4.20 Å². The number of hydrogen-bond acceptors (Lipinski definition) is 2. The highest BCUT2D eigenvalue weighted by Crippen LogP contribution is 2.67. The fraction of sp³-hybridized carbons (Fsp3) is 0.926. The highest BCUT2D eigenvalue weighted by Gasteiger charge is 2.59. The molecule has 3 saturated carbocycles. The minimum Gasteiger partial charge on any atom is -0.299 e. The van der Waals surface area contributed by atoms with Crippen LogP contribution in [0.3, 0.4) is 0 Å². The highest BCUT2D eigenvalue weighted by atomic mass is 31.2. The first-order valence-corrected chi connectivity index (χ1v) is 14.8. The molecule has 32 heavy (non-hydrogen) atoms. The third-order valence-corrected chi connectivity index (χ3v) is 11.1. The van der Waals surface area contributed by atoms with E-state index in [1.807, 2.05) is 0 Å². The van der Waals surface area contributed by atoms with Gasteiger partial charge in [-0.3, -0.25) is 9.42 Å². The predicted octanol–water partition coefficient (Wildman–Crippen LogP) is 8.48. The van der Waals surface area contributed by atoms with E-state index in [0.29, 0.717) is 24.2 Å². The Bertz CT molecular complexity index is 760. The second-order valence-electron chi connectivity index (χ2n) is 12.7. The van der Waals surface area contributed by atoms with E-state index in [0.717, 1.165) is 42.4 Å². The number of rotatable bonds is 7. The van der Waals surface area contributed by atoms with Crippen molar-refractivity contribution in [3.05, 3.63) is 11.6 Å². The number of fused-ring (bicyclic) bond motifs is 5. The number of allylic oxidation sites excluding steroid dienone is 1. The Labute approximate surface area is 195 Å². The normalized spacial score (nSPS) is 44.2. The standard InChI is InChI=1S/C27H46FO3P/c1-18(2)7-6-8-19(3)23-11-12-24-22-10-9-20-17-21(31-32(28,29)30)13-15-26(20,4)25(22)14-16-27(23,24)5/h9,18-19,21-25H,6-8,10-17H2,1-5H3,(H,29,30)/t19-,21+,22+,23-,24+,25+,26+,27-/m1/s1. The van der Waals surface area contributed by atoms with Crippen molar-refractivity contribution < 1.29 is 18.2 Å². The zero-order valence-electron chi connectivity index (χ0n) is 21.0. The summed E-state index contributed by atoms with van der Waals surface area (Å²) < 4.78 is 29.3. The van der Waals surface area contributed by atoms with Crippen molar-refractivity contribution in [3.63, 3.8) is 0 Å². The molecule has 0 heterocycles. The van der Waals surface area contributed by atoms with Crippen LogP contribution in [0.1, 0.15) is 105 Å². The van der Waals surface area contributed by atoms with Crippen LogP contribution in [0.5, 0.6) is 0 Å². The van der Waals surface area contributed by atoms with Crippen LogP contribution < -0.4 is 0 Å². The molecule has 0 bridgehead atoms. The van der Waals surface area contributed by atoms with Gasteiger partial charge in [-0.1, -0.05) is 65.5 Å². The highest BCUT2D eigenvalue weighted by molar-refractivity contribution is 7.46. The van der Waals surface area contributed by atoms with Gasteiger partial charge in [0.1, 0.15) is 0 Å². The Hall–Kier alpha value is -0.180. The van der Waals surface area contributed by atoms with Crippen molar-refractivity contribution in [2.75, 3.05) is 0 Å². The average Bonchev–Trinajstić information content (AvgIpc) is 3.04. The van der Waals surface area contributed by atoms with E-state index >= 15 is 0 Å². The Balaban J connectivity index is 1.46. The largest absolute Gasteiger partial charge is 0.510 e. The van der Waals surface area contributed by atoms with Gasteiger partial charge in [0.15, 0.2) is 0 Å². The quantitative estimate of drug-likeness (QED) is 0.301. The van der Waals surface area contributed by atoms with Gasteiger partial charge in [0.05, 0.1) is 6.10 Å². The maximum Gasteiger partial charge on any atom is 0.510 e. The summed E-state index contributed by atoms with van der Waals surface area (Å²) in [7, 11) is -4.91. The van der Waals surface area contributed by atoms with Gasteiger partial charge in [0, 0.05) is 0 Å². The topological polar surface area (TPSA) is 46.5 Å². The summed E-state index contributed by atoms with van der Waals surface area (Å²) in [5, 5.41) is 0. The van der Waals surface area contributed by atoms with Crippen molar-refractivity contribution in [3.8, 4) is 0 Å². The molecular formula is C27H46FO3P. The lowest BCUT2D eigenvalue weighted by Crippen LogP contribution is -2.50. The first-order chi connectivity index (χ1) is 14.9. The molecule has 1 unspecified atom stereocenters. The lowest BCUT2D eigenvalue weighted by Gasteiger charge is -2.58. The van der Waals surface area contributed by atoms with Gasteiger partial charge in [0.25, 0.3) is 0 Å². The minimum atomic E-state index is -4.91. The summed E-state index contributed by atoms with van der Waals surface area (Å²) in [5.41, 5.74) is 2.00.